The van der Waals surface area contributed by atoms with Crippen molar-refractivity contribution < 1.29 is 4.74 Å². The first-order chi connectivity index (χ1) is 9.67. The predicted molar refractivity (Wildman–Crippen MR) is 90.6 cm³/mol. The third kappa shape index (κ3) is 3.54. The summed E-state index contributed by atoms with van der Waals surface area (Å²) in [6.07, 6.45) is 5.07. The number of halogens is 1. The van der Waals surface area contributed by atoms with E-state index in [1.807, 2.05) is 0 Å². The standard InChI is InChI=1S/C18H27NO.ClH/c1-13-9-14(2)12-19(11-13)16-8-7-15-5-4-6-18(20-3)17(15)10-16;/h4-6,13-14,16H,7-12H2,1-3H3;1H/t13-,14-,16?;/m1./s1. The van der Waals surface area contributed by atoms with Crippen LogP contribution in [0.2, 0.25) is 0 Å². The van der Waals surface area contributed by atoms with Crippen LogP contribution < -0.4 is 4.74 Å². The topological polar surface area (TPSA) is 12.5 Å². The van der Waals surface area contributed by atoms with Crippen LogP contribution in [-0.4, -0.2) is 31.1 Å². The first-order valence-electron chi connectivity index (χ1n) is 8.06. The summed E-state index contributed by atoms with van der Waals surface area (Å²) in [5.41, 5.74) is 2.95. The van der Waals surface area contributed by atoms with Crippen molar-refractivity contribution in [3.05, 3.63) is 29.3 Å². The van der Waals surface area contributed by atoms with E-state index in [1.54, 1.807) is 7.11 Å². The average Bonchev–Trinajstić information content (AvgIpc) is 2.45. The maximum Gasteiger partial charge on any atom is 0.122 e. The molecular formula is C18H28ClNO. The summed E-state index contributed by atoms with van der Waals surface area (Å²) in [5.74, 6) is 2.78. The number of methoxy groups -OCH3 is 1. The molecule has 1 aliphatic carbocycles. The number of hydrogen-bond acceptors (Lipinski definition) is 2. The van der Waals surface area contributed by atoms with Crippen LogP contribution in [0.4, 0.5) is 0 Å². The molecular weight excluding hydrogens is 282 g/mol. The number of rotatable bonds is 2. The lowest BCUT2D eigenvalue weighted by molar-refractivity contribution is 0.0875. The molecule has 0 aromatic heterocycles. The van der Waals surface area contributed by atoms with Gasteiger partial charge in [0.05, 0.1) is 7.11 Å². The molecule has 21 heavy (non-hydrogen) atoms. The van der Waals surface area contributed by atoms with Gasteiger partial charge in [-0.3, -0.25) is 4.90 Å². The van der Waals surface area contributed by atoms with Gasteiger partial charge in [-0.05, 0) is 54.7 Å². The van der Waals surface area contributed by atoms with Crippen molar-refractivity contribution in [1.82, 2.24) is 4.90 Å². The first kappa shape index (κ1) is 16.6. The fraction of sp³-hybridized carbons (Fsp3) is 0.667. The molecule has 1 fully saturated rings. The average molecular weight is 310 g/mol. The second-order valence-corrected chi connectivity index (χ2v) is 6.89. The summed E-state index contributed by atoms with van der Waals surface area (Å²) in [6, 6.07) is 7.23. The van der Waals surface area contributed by atoms with Crippen molar-refractivity contribution in [2.75, 3.05) is 20.2 Å². The zero-order valence-corrected chi connectivity index (χ0v) is 14.3. The number of piperidine rings is 1. The molecule has 0 saturated carbocycles. The minimum absolute atomic E-state index is 0. The van der Waals surface area contributed by atoms with Gasteiger partial charge in [-0.15, -0.1) is 12.4 Å². The summed E-state index contributed by atoms with van der Waals surface area (Å²) < 4.78 is 5.57. The SMILES string of the molecule is COc1cccc2c1CC(N1C[C@H](C)C[C@@H](C)C1)CC2.Cl. The van der Waals surface area contributed by atoms with Crippen LogP contribution >= 0.6 is 12.4 Å². The van der Waals surface area contributed by atoms with Gasteiger partial charge in [0.15, 0.2) is 0 Å². The summed E-state index contributed by atoms with van der Waals surface area (Å²) in [7, 11) is 1.80. The second kappa shape index (κ2) is 7.02. The quantitative estimate of drug-likeness (QED) is 0.820. The molecule has 0 amide bonds. The molecule has 0 radical (unpaired) electrons. The Morgan fingerprint density at radius 2 is 1.86 bits per heavy atom. The highest BCUT2D eigenvalue weighted by Gasteiger charge is 2.30. The van der Waals surface area contributed by atoms with Crippen molar-refractivity contribution in [2.45, 2.75) is 45.6 Å². The van der Waals surface area contributed by atoms with Gasteiger partial charge in [0.2, 0.25) is 0 Å². The zero-order chi connectivity index (χ0) is 14.1. The fourth-order valence-corrected chi connectivity index (χ4v) is 4.25. The molecule has 3 rings (SSSR count). The Morgan fingerprint density at radius 3 is 2.52 bits per heavy atom. The zero-order valence-electron chi connectivity index (χ0n) is 13.5. The van der Waals surface area contributed by atoms with E-state index < -0.39 is 0 Å². The molecule has 1 unspecified atom stereocenters. The monoisotopic (exact) mass is 309 g/mol. The van der Waals surface area contributed by atoms with Crippen LogP contribution in [0.1, 0.15) is 37.8 Å². The Bertz CT molecular complexity index is 452. The molecule has 2 aliphatic rings. The third-order valence-corrected chi connectivity index (χ3v) is 5.05. The van der Waals surface area contributed by atoms with Crippen LogP contribution in [0.5, 0.6) is 5.75 Å². The summed E-state index contributed by atoms with van der Waals surface area (Å²) in [4.78, 5) is 2.74. The Morgan fingerprint density at radius 1 is 1.14 bits per heavy atom. The van der Waals surface area contributed by atoms with Gasteiger partial charge in [-0.25, -0.2) is 0 Å². The van der Waals surface area contributed by atoms with E-state index in [1.165, 1.54) is 49.9 Å². The van der Waals surface area contributed by atoms with E-state index in [-0.39, 0.29) is 12.4 Å². The molecule has 1 saturated heterocycles. The van der Waals surface area contributed by atoms with Gasteiger partial charge < -0.3 is 4.74 Å². The maximum absolute atomic E-state index is 5.57. The normalized spacial score (nSPS) is 29.4. The van der Waals surface area contributed by atoms with Crippen molar-refractivity contribution in [3.8, 4) is 5.75 Å². The highest BCUT2D eigenvalue weighted by molar-refractivity contribution is 5.85. The van der Waals surface area contributed by atoms with Gasteiger partial charge in [0.1, 0.15) is 5.75 Å². The molecule has 0 spiro atoms. The maximum atomic E-state index is 5.57. The third-order valence-electron chi connectivity index (χ3n) is 5.05. The van der Waals surface area contributed by atoms with Crippen molar-refractivity contribution in [2.24, 2.45) is 11.8 Å². The molecule has 1 aromatic rings. The van der Waals surface area contributed by atoms with Gasteiger partial charge in [-0.1, -0.05) is 26.0 Å². The Balaban J connectivity index is 0.00000161. The van der Waals surface area contributed by atoms with E-state index >= 15 is 0 Å². The highest BCUT2D eigenvalue weighted by Crippen LogP contribution is 2.33. The van der Waals surface area contributed by atoms with Crippen LogP contribution in [0.3, 0.4) is 0 Å². The molecule has 1 aromatic carbocycles. The summed E-state index contributed by atoms with van der Waals surface area (Å²) in [5, 5.41) is 0. The lowest BCUT2D eigenvalue weighted by Crippen LogP contribution is -2.47. The van der Waals surface area contributed by atoms with E-state index in [4.69, 9.17) is 4.74 Å². The molecule has 1 aliphatic heterocycles. The predicted octanol–water partition coefficient (Wildman–Crippen LogP) is 3.95. The van der Waals surface area contributed by atoms with Crippen LogP contribution in [0.15, 0.2) is 18.2 Å². The summed E-state index contributed by atoms with van der Waals surface area (Å²) >= 11 is 0. The number of fused-ring (bicyclic) bond motifs is 1. The van der Waals surface area contributed by atoms with Crippen molar-refractivity contribution >= 4 is 12.4 Å². The van der Waals surface area contributed by atoms with E-state index in [2.05, 4.69) is 36.9 Å². The second-order valence-electron chi connectivity index (χ2n) is 6.89. The van der Waals surface area contributed by atoms with E-state index in [0.717, 1.165) is 17.6 Å². The number of ether oxygens (including phenoxy) is 1. The number of hydrogen-bond donors (Lipinski definition) is 0. The van der Waals surface area contributed by atoms with Gasteiger partial charge in [0.25, 0.3) is 0 Å². The van der Waals surface area contributed by atoms with Crippen LogP contribution in [0.25, 0.3) is 0 Å². The Labute approximate surface area is 135 Å². The van der Waals surface area contributed by atoms with E-state index in [0.29, 0.717) is 6.04 Å². The Kier molecular flexibility index (Phi) is 5.56. The lowest BCUT2D eigenvalue weighted by atomic mass is 9.84. The summed E-state index contributed by atoms with van der Waals surface area (Å²) in [6.45, 7) is 7.36. The number of benzene rings is 1. The molecule has 0 bridgehead atoms. The minimum atomic E-state index is 0. The minimum Gasteiger partial charge on any atom is -0.496 e. The first-order valence-corrected chi connectivity index (χ1v) is 8.06. The number of likely N-dealkylation sites (tertiary alicyclic amines) is 1. The molecule has 3 atom stereocenters. The molecule has 2 nitrogen and oxygen atoms in total. The molecule has 3 heteroatoms. The van der Waals surface area contributed by atoms with Gasteiger partial charge in [-0.2, -0.15) is 0 Å². The Hall–Kier alpha value is -0.730. The van der Waals surface area contributed by atoms with Crippen LogP contribution in [-0.2, 0) is 12.8 Å². The molecule has 0 N–H and O–H groups in total. The molecule has 118 valence electrons. The largest absolute Gasteiger partial charge is 0.496 e. The number of nitrogens with zero attached hydrogens (tertiary/aromatic N) is 1. The van der Waals surface area contributed by atoms with Gasteiger partial charge >= 0.3 is 0 Å². The van der Waals surface area contributed by atoms with Gasteiger partial charge in [0, 0.05) is 19.1 Å². The lowest BCUT2D eigenvalue weighted by Gasteiger charge is -2.42. The smallest absolute Gasteiger partial charge is 0.122 e. The molecule has 1 heterocycles. The highest BCUT2D eigenvalue weighted by atomic mass is 35.5. The van der Waals surface area contributed by atoms with E-state index in [9.17, 15) is 0 Å². The van der Waals surface area contributed by atoms with Crippen molar-refractivity contribution in [1.29, 1.82) is 0 Å². The van der Waals surface area contributed by atoms with Crippen LogP contribution in [0, 0.1) is 11.8 Å². The fourth-order valence-electron chi connectivity index (χ4n) is 4.25. The number of aryl methyl sites for hydroxylation is 1. The van der Waals surface area contributed by atoms with Crippen molar-refractivity contribution in [3.63, 3.8) is 0 Å².